The highest BCUT2D eigenvalue weighted by molar-refractivity contribution is 6.76. The van der Waals surface area contributed by atoms with Gasteiger partial charge in [0, 0.05) is 21.1 Å². The van der Waals surface area contributed by atoms with Crippen molar-refractivity contribution in [3.63, 3.8) is 0 Å². The van der Waals surface area contributed by atoms with E-state index in [1.807, 2.05) is 6.92 Å². The topological polar surface area (TPSA) is 47.9 Å². The molecule has 0 saturated carbocycles. The van der Waals surface area contributed by atoms with Gasteiger partial charge in [0.05, 0.1) is 18.3 Å². The Balaban J connectivity index is 4.75. The predicted molar refractivity (Wildman–Crippen MR) is 117 cm³/mol. The van der Waals surface area contributed by atoms with Crippen molar-refractivity contribution >= 4 is 16.4 Å². The van der Waals surface area contributed by atoms with Gasteiger partial charge in [0.2, 0.25) is 0 Å². The minimum Gasteiger partial charge on any atom is -0.412 e. The molecular formula is C20H44O4Si2. The number of rotatable bonds is 13. The van der Waals surface area contributed by atoms with Crippen LogP contribution in [0.3, 0.4) is 0 Å². The molecule has 0 rings (SSSR count). The van der Waals surface area contributed by atoms with Gasteiger partial charge in [0.15, 0.2) is 8.32 Å². The van der Waals surface area contributed by atoms with Gasteiger partial charge in [-0.1, -0.05) is 46.5 Å². The van der Waals surface area contributed by atoms with Crippen molar-refractivity contribution in [3.05, 3.63) is 12.7 Å². The lowest BCUT2D eigenvalue weighted by Gasteiger charge is -2.40. The lowest BCUT2D eigenvalue weighted by Crippen LogP contribution is -2.47. The monoisotopic (exact) mass is 404 g/mol. The van der Waals surface area contributed by atoms with Crippen molar-refractivity contribution in [3.8, 4) is 0 Å². The summed E-state index contributed by atoms with van der Waals surface area (Å²) >= 11 is 0. The van der Waals surface area contributed by atoms with Crippen molar-refractivity contribution in [1.82, 2.24) is 0 Å². The summed E-state index contributed by atoms with van der Waals surface area (Å²) in [6.45, 7) is 24.9. The van der Waals surface area contributed by atoms with E-state index in [-0.39, 0.29) is 24.0 Å². The molecule has 0 aliphatic heterocycles. The average Bonchev–Trinajstić information content (AvgIpc) is 2.42. The maximum absolute atomic E-state index is 10.2. The number of aliphatic hydroxyl groups excluding tert-OH is 1. The van der Waals surface area contributed by atoms with Crippen LogP contribution in [0.2, 0.25) is 43.8 Å². The molecule has 3 atom stereocenters. The van der Waals surface area contributed by atoms with Crippen LogP contribution in [-0.2, 0) is 13.9 Å². The highest BCUT2D eigenvalue weighted by atomic mass is 28.4. The largest absolute Gasteiger partial charge is 0.412 e. The molecule has 0 unspecified atom stereocenters. The third-order valence-corrected chi connectivity index (χ3v) is 11.4. The maximum Gasteiger partial charge on any atom is 0.192 e. The van der Waals surface area contributed by atoms with E-state index in [1.165, 1.54) is 0 Å². The van der Waals surface area contributed by atoms with Crippen LogP contribution in [0.15, 0.2) is 12.7 Å². The summed E-state index contributed by atoms with van der Waals surface area (Å²) in [5.74, 6) is 0. The minimum atomic E-state index is -1.90. The van der Waals surface area contributed by atoms with Crippen LogP contribution in [-0.4, -0.2) is 53.2 Å². The molecule has 0 aliphatic carbocycles. The number of aliphatic hydroxyl groups is 1. The van der Waals surface area contributed by atoms with Crippen LogP contribution in [0.5, 0.6) is 0 Å². The summed E-state index contributed by atoms with van der Waals surface area (Å²) in [5.41, 5.74) is 0. The zero-order chi connectivity index (χ0) is 20.6. The first-order chi connectivity index (χ1) is 11.7. The summed E-state index contributed by atoms with van der Waals surface area (Å²) in [7, 11) is -2.99. The zero-order valence-electron chi connectivity index (χ0n) is 18.7. The molecule has 0 fully saturated rings. The first-order valence-electron chi connectivity index (χ1n) is 9.86. The van der Waals surface area contributed by atoms with E-state index in [2.05, 4.69) is 60.1 Å². The van der Waals surface area contributed by atoms with Crippen LogP contribution in [0.1, 0.15) is 40.5 Å². The van der Waals surface area contributed by atoms with Crippen LogP contribution in [0.25, 0.3) is 0 Å². The van der Waals surface area contributed by atoms with E-state index >= 15 is 0 Å². The highest BCUT2D eigenvalue weighted by Crippen LogP contribution is 2.38. The predicted octanol–water partition coefficient (Wildman–Crippen LogP) is 5.42. The summed E-state index contributed by atoms with van der Waals surface area (Å²) in [6, 6.07) is 1.12. The normalized spacial score (nSPS) is 17.0. The smallest absolute Gasteiger partial charge is 0.192 e. The number of hydrogen-bond donors (Lipinski definition) is 1. The molecule has 0 spiro atoms. The second kappa shape index (κ2) is 11.1. The molecule has 156 valence electrons. The quantitative estimate of drug-likeness (QED) is 0.193. The molecule has 6 heteroatoms. The molecule has 0 radical (unpaired) electrons. The van der Waals surface area contributed by atoms with Crippen LogP contribution in [0.4, 0.5) is 0 Å². The molecule has 0 heterocycles. The SMILES string of the molecule is C=CC[C@@H](O)C[C@@H](OCOCC[Si](C)(C)C)[C@@H](C)O[Si](C)(C)C(C)(C)C. The van der Waals surface area contributed by atoms with Crippen molar-refractivity contribution in [2.24, 2.45) is 0 Å². The Labute approximate surface area is 164 Å². The number of ether oxygens (including phenoxy) is 2. The van der Waals surface area contributed by atoms with Crippen molar-refractivity contribution < 1.29 is 19.0 Å². The summed E-state index contributed by atoms with van der Waals surface area (Å²) in [5, 5.41) is 10.3. The van der Waals surface area contributed by atoms with Gasteiger partial charge in [-0.25, -0.2) is 0 Å². The van der Waals surface area contributed by atoms with Crippen LogP contribution in [0, 0.1) is 0 Å². The molecule has 0 bridgehead atoms. The third-order valence-electron chi connectivity index (χ3n) is 5.12. The molecule has 0 saturated heterocycles. The van der Waals surface area contributed by atoms with E-state index in [0.29, 0.717) is 12.8 Å². The fourth-order valence-corrected chi connectivity index (χ4v) is 4.43. The number of hydrogen-bond acceptors (Lipinski definition) is 4. The van der Waals surface area contributed by atoms with Crippen molar-refractivity contribution in [2.45, 2.75) is 103 Å². The molecule has 26 heavy (non-hydrogen) atoms. The standard InChI is InChI=1S/C20H44O4Si2/c1-11-12-18(21)15-19(23-16-22-13-14-25(6,7)8)17(2)24-26(9,10)20(3,4)5/h11,17-19,21H,1,12-16H2,2-10H3/t17-,18-,19-/m1/s1. The lowest BCUT2D eigenvalue weighted by molar-refractivity contribution is -0.126. The van der Waals surface area contributed by atoms with Gasteiger partial charge in [0.25, 0.3) is 0 Å². The summed E-state index contributed by atoms with van der Waals surface area (Å²) in [4.78, 5) is 0. The first-order valence-corrected chi connectivity index (χ1v) is 16.5. The van der Waals surface area contributed by atoms with Gasteiger partial charge in [-0.3, -0.25) is 0 Å². The second-order valence-electron chi connectivity index (χ2n) is 10.0. The fourth-order valence-electron chi connectivity index (χ4n) is 2.24. The average molecular weight is 405 g/mol. The second-order valence-corrected chi connectivity index (χ2v) is 20.4. The Morgan fingerprint density at radius 2 is 1.69 bits per heavy atom. The van der Waals surface area contributed by atoms with Crippen molar-refractivity contribution in [1.29, 1.82) is 0 Å². The van der Waals surface area contributed by atoms with Crippen molar-refractivity contribution in [2.75, 3.05) is 13.4 Å². The van der Waals surface area contributed by atoms with E-state index < -0.39 is 22.5 Å². The summed E-state index contributed by atoms with van der Waals surface area (Å²) < 4.78 is 18.2. The van der Waals surface area contributed by atoms with Gasteiger partial charge in [-0.05, 0) is 37.5 Å². The van der Waals surface area contributed by atoms with E-state index in [0.717, 1.165) is 12.7 Å². The van der Waals surface area contributed by atoms with E-state index in [4.69, 9.17) is 13.9 Å². The van der Waals surface area contributed by atoms with Gasteiger partial charge < -0.3 is 19.0 Å². The van der Waals surface area contributed by atoms with E-state index in [9.17, 15) is 5.11 Å². The Bertz CT molecular complexity index is 400. The first kappa shape index (κ1) is 26.0. The lowest BCUT2D eigenvalue weighted by atomic mass is 10.1. The Hall–Kier alpha value is 0.0138. The third kappa shape index (κ3) is 11.0. The molecule has 0 aromatic heterocycles. The van der Waals surface area contributed by atoms with Gasteiger partial charge in [-0.15, -0.1) is 6.58 Å². The Morgan fingerprint density at radius 3 is 2.15 bits per heavy atom. The highest BCUT2D eigenvalue weighted by Gasteiger charge is 2.40. The summed E-state index contributed by atoms with van der Waals surface area (Å²) in [6.07, 6.45) is 2.08. The molecule has 0 aliphatic rings. The molecular weight excluding hydrogens is 360 g/mol. The maximum atomic E-state index is 10.2. The Kier molecular flexibility index (Phi) is 11.1. The van der Waals surface area contributed by atoms with Crippen LogP contribution >= 0.6 is 0 Å². The molecule has 1 N–H and O–H groups in total. The molecule has 0 amide bonds. The van der Waals surface area contributed by atoms with Crippen LogP contribution < -0.4 is 0 Å². The van der Waals surface area contributed by atoms with Gasteiger partial charge >= 0.3 is 0 Å². The zero-order valence-corrected chi connectivity index (χ0v) is 20.7. The molecule has 0 aromatic rings. The van der Waals surface area contributed by atoms with Gasteiger partial charge in [0.1, 0.15) is 6.79 Å². The Morgan fingerprint density at radius 1 is 1.12 bits per heavy atom. The van der Waals surface area contributed by atoms with Gasteiger partial charge in [-0.2, -0.15) is 0 Å². The minimum absolute atomic E-state index is 0.0871. The molecule has 4 nitrogen and oxygen atoms in total. The van der Waals surface area contributed by atoms with E-state index in [1.54, 1.807) is 6.08 Å². The fraction of sp³-hybridized carbons (Fsp3) is 0.900. The molecule has 0 aromatic carbocycles.